The molecular weight excluding hydrogens is 516 g/mol. The highest BCUT2D eigenvalue weighted by molar-refractivity contribution is 6.00. The molecule has 0 radical (unpaired) electrons. The minimum Gasteiger partial charge on any atom is -0.342 e. The molecule has 0 aliphatic carbocycles. The van der Waals surface area contributed by atoms with Crippen LogP contribution in [0, 0.1) is 11.6 Å². The second-order valence-corrected chi connectivity index (χ2v) is 10.6. The smallest absolute Gasteiger partial charge is 0.319 e. The Labute approximate surface area is 234 Å². The van der Waals surface area contributed by atoms with E-state index in [0.717, 1.165) is 50.7 Å². The molecule has 2 saturated heterocycles. The van der Waals surface area contributed by atoms with Crippen molar-refractivity contribution >= 4 is 23.5 Å². The average molecular weight is 556 g/mol. The molecule has 1 spiro atoms. The van der Waals surface area contributed by atoms with Crippen molar-refractivity contribution < 1.29 is 23.2 Å². The number of likely N-dealkylation sites (tertiary alicyclic amines) is 1. The van der Waals surface area contributed by atoms with Gasteiger partial charge in [0.1, 0.15) is 23.2 Å². The summed E-state index contributed by atoms with van der Waals surface area (Å²) in [5, 5.41) is 7.91. The summed E-state index contributed by atoms with van der Waals surface area (Å²) in [5.41, 5.74) is 0.263. The highest BCUT2D eigenvalue weighted by atomic mass is 19.1. The summed E-state index contributed by atoms with van der Waals surface area (Å²) in [5.74, 6) is -1.48. The van der Waals surface area contributed by atoms with Crippen LogP contribution in [-0.4, -0.2) is 71.9 Å². The van der Waals surface area contributed by atoms with E-state index in [9.17, 15) is 23.2 Å². The van der Waals surface area contributed by atoms with Crippen molar-refractivity contribution in [2.75, 3.05) is 38.0 Å². The number of carbonyl (C=O) groups is 3. The van der Waals surface area contributed by atoms with Gasteiger partial charge in [0.25, 0.3) is 0 Å². The largest absolute Gasteiger partial charge is 0.342 e. The zero-order valence-corrected chi connectivity index (χ0v) is 23.1. The van der Waals surface area contributed by atoms with Gasteiger partial charge >= 0.3 is 6.03 Å². The predicted molar refractivity (Wildman–Crippen MR) is 150 cm³/mol. The Kier molecular flexibility index (Phi) is 10.1. The van der Waals surface area contributed by atoms with Gasteiger partial charge in [-0.1, -0.05) is 37.3 Å². The summed E-state index contributed by atoms with van der Waals surface area (Å²) in [4.78, 5) is 43.2. The van der Waals surface area contributed by atoms with Gasteiger partial charge in [0.2, 0.25) is 11.8 Å². The molecule has 2 aliphatic rings. The van der Waals surface area contributed by atoms with Gasteiger partial charge in [-0.05, 0) is 62.6 Å². The van der Waals surface area contributed by atoms with Crippen LogP contribution in [0.4, 0.5) is 19.3 Å². The Morgan fingerprint density at radius 1 is 1.05 bits per heavy atom. The number of hydrogen-bond acceptors (Lipinski definition) is 4. The van der Waals surface area contributed by atoms with Gasteiger partial charge in [0.15, 0.2) is 0 Å². The molecule has 2 fully saturated rings. The van der Waals surface area contributed by atoms with E-state index in [1.807, 2.05) is 30.0 Å². The van der Waals surface area contributed by atoms with Crippen LogP contribution in [0.2, 0.25) is 0 Å². The highest BCUT2D eigenvalue weighted by Gasteiger charge is 2.52. The number of unbranched alkanes of at least 4 members (excludes halogenated alkanes) is 1. The molecule has 4 amide bonds. The van der Waals surface area contributed by atoms with Crippen LogP contribution in [0.15, 0.2) is 48.5 Å². The lowest BCUT2D eigenvalue weighted by molar-refractivity contribution is -0.161. The summed E-state index contributed by atoms with van der Waals surface area (Å²) >= 11 is 0. The second kappa shape index (κ2) is 13.7. The van der Waals surface area contributed by atoms with E-state index in [1.54, 1.807) is 0 Å². The second-order valence-electron chi connectivity index (χ2n) is 10.6. The molecule has 2 aromatic rings. The standard InChI is InChI=1S/C30H39F2N5O3/c1-2-17-37-27(38)25(10-6-7-16-33-29(40)35-26-21-23(31)11-12-24(26)32)34-28(39)30(37)14-19-36(20-15-30)18-13-22-8-4-3-5-9-22/h3-5,8-9,11-12,21,25H,2,6-7,10,13-20H2,1H3,(H,34,39)(H2,33,35,40)/t25-/m0/s1. The molecule has 2 heterocycles. The van der Waals surface area contributed by atoms with Crippen LogP contribution >= 0.6 is 0 Å². The maximum Gasteiger partial charge on any atom is 0.319 e. The number of halogens is 2. The first-order chi connectivity index (χ1) is 19.3. The molecule has 4 rings (SSSR count). The molecule has 0 aromatic heterocycles. The van der Waals surface area contributed by atoms with Gasteiger partial charge in [-0.25, -0.2) is 13.6 Å². The molecule has 10 heteroatoms. The number of urea groups is 1. The Morgan fingerprint density at radius 2 is 1.80 bits per heavy atom. The van der Waals surface area contributed by atoms with E-state index < -0.39 is 29.2 Å². The van der Waals surface area contributed by atoms with Gasteiger partial charge < -0.3 is 25.8 Å². The third kappa shape index (κ3) is 7.15. The van der Waals surface area contributed by atoms with E-state index in [1.165, 1.54) is 5.56 Å². The third-order valence-corrected chi connectivity index (χ3v) is 7.88. The van der Waals surface area contributed by atoms with E-state index >= 15 is 0 Å². The van der Waals surface area contributed by atoms with Crippen molar-refractivity contribution in [2.45, 2.75) is 63.5 Å². The van der Waals surface area contributed by atoms with Gasteiger partial charge in [0, 0.05) is 38.8 Å². The molecule has 0 saturated carbocycles. The Balaban J connectivity index is 1.23. The quantitative estimate of drug-likeness (QED) is 0.365. The average Bonchev–Trinajstić information content (AvgIpc) is 2.95. The van der Waals surface area contributed by atoms with Gasteiger partial charge in [-0.2, -0.15) is 0 Å². The molecule has 0 unspecified atom stereocenters. The van der Waals surface area contributed by atoms with E-state index in [2.05, 4.69) is 33.0 Å². The number of rotatable bonds is 11. The number of piperazine rings is 1. The lowest BCUT2D eigenvalue weighted by atomic mass is 9.81. The Bertz CT molecular complexity index is 1170. The van der Waals surface area contributed by atoms with Crippen molar-refractivity contribution in [3.63, 3.8) is 0 Å². The van der Waals surface area contributed by atoms with E-state index in [4.69, 9.17) is 0 Å². The Hall–Kier alpha value is -3.53. The number of piperidine rings is 1. The molecule has 216 valence electrons. The monoisotopic (exact) mass is 555 g/mol. The van der Waals surface area contributed by atoms with Crippen LogP contribution < -0.4 is 16.0 Å². The van der Waals surface area contributed by atoms with E-state index in [0.29, 0.717) is 45.2 Å². The molecule has 3 N–H and O–H groups in total. The molecule has 2 aliphatic heterocycles. The summed E-state index contributed by atoms with van der Waals surface area (Å²) in [6, 6.07) is 12.0. The predicted octanol–water partition coefficient (Wildman–Crippen LogP) is 4.07. The lowest BCUT2D eigenvalue weighted by Gasteiger charge is -2.51. The number of hydrogen-bond donors (Lipinski definition) is 3. The zero-order chi connectivity index (χ0) is 28.5. The van der Waals surface area contributed by atoms with Crippen LogP contribution in [0.5, 0.6) is 0 Å². The SMILES string of the molecule is CCCN1C(=O)[C@H](CCCCNC(=O)Nc2cc(F)ccc2F)NC(=O)C12CCN(CCc1ccccc1)CC2. The first-order valence-electron chi connectivity index (χ1n) is 14.2. The summed E-state index contributed by atoms with van der Waals surface area (Å²) < 4.78 is 27.0. The first-order valence-corrected chi connectivity index (χ1v) is 14.2. The Morgan fingerprint density at radius 3 is 2.52 bits per heavy atom. The fourth-order valence-corrected chi connectivity index (χ4v) is 5.63. The zero-order valence-electron chi connectivity index (χ0n) is 23.1. The molecule has 0 bridgehead atoms. The van der Waals surface area contributed by atoms with Gasteiger partial charge in [0.05, 0.1) is 5.69 Å². The third-order valence-electron chi connectivity index (χ3n) is 7.88. The fraction of sp³-hybridized carbons (Fsp3) is 0.500. The van der Waals surface area contributed by atoms with Crippen molar-refractivity contribution in [2.24, 2.45) is 0 Å². The maximum atomic E-state index is 13.7. The van der Waals surface area contributed by atoms with Gasteiger partial charge in [-0.3, -0.25) is 9.59 Å². The number of benzene rings is 2. The molecule has 40 heavy (non-hydrogen) atoms. The summed E-state index contributed by atoms with van der Waals surface area (Å²) in [7, 11) is 0. The van der Waals surface area contributed by atoms with Crippen LogP contribution in [-0.2, 0) is 16.0 Å². The molecule has 2 aromatic carbocycles. The summed E-state index contributed by atoms with van der Waals surface area (Å²) in [6.07, 6.45) is 4.60. The van der Waals surface area contributed by atoms with Crippen LogP contribution in [0.3, 0.4) is 0 Å². The lowest BCUT2D eigenvalue weighted by Crippen LogP contribution is -2.72. The molecular formula is C30H39F2N5O3. The van der Waals surface area contributed by atoms with Crippen LogP contribution in [0.1, 0.15) is 51.0 Å². The molecule has 1 atom stereocenters. The normalized spacial score (nSPS) is 19.0. The van der Waals surface area contributed by atoms with Crippen molar-refractivity contribution in [1.29, 1.82) is 0 Å². The minimum absolute atomic E-state index is 0.0357. The molecule has 8 nitrogen and oxygen atoms in total. The highest BCUT2D eigenvalue weighted by Crippen LogP contribution is 2.34. The van der Waals surface area contributed by atoms with Gasteiger partial charge in [-0.15, -0.1) is 0 Å². The first kappa shape index (κ1) is 29.5. The summed E-state index contributed by atoms with van der Waals surface area (Å²) in [6.45, 7) is 5.32. The van der Waals surface area contributed by atoms with Crippen molar-refractivity contribution in [1.82, 2.24) is 20.4 Å². The number of amides is 4. The number of anilines is 1. The van der Waals surface area contributed by atoms with E-state index in [-0.39, 0.29) is 17.5 Å². The van der Waals surface area contributed by atoms with Crippen LogP contribution in [0.25, 0.3) is 0 Å². The minimum atomic E-state index is -0.793. The topological polar surface area (TPSA) is 93.8 Å². The number of nitrogens with one attached hydrogen (secondary N) is 3. The fourth-order valence-electron chi connectivity index (χ4n) is 5.63. The maximum absolute atomic E-state index is 13.7. The number of carbonyl (C=O) groups excluding carboxylic acids is 3. The van der Waals surface area contributed by atoms with Crippen molar-refractivity contribution in [3.05, 3.63) is 65.7 Å². The van der Waals surface area contributed by atoms with Crippen molar-refractivity contribution in [3.8, 4) is 0 Å². The number of nitrogens with zero attached hydrogens (tertiary/aromatic N) is 2.